The molecule has 0 aromatic heterocycles. The topological polar surface area (TPSA) is 72.5 Å². The summed E-state index contributed by atoms with van der Waals surface area (Å²) in [6.07, 6.45) is 0.786. The van der Waals surface area contributed by atoms with E-state index in [2.05, 4.69) is 5.32 Å². The number of halogens is 2. The molecule has 0 heterocycles. The van der Waals surface area contributed by atoms with E-state index in [1.807, 2.05) is 13.8 Å². The Hall–Kier alpha value is -0.980. The minimum absolute atomic E-state index is 0.0105. The van der Waals surface area contributed by atoms with Gasteiger partial charge in [-0.15, -0.1) is 0 Å². The zero-order chi connectivity index (χ0) is 15.3. The summed E-state index contributed by atoms with van der Waals surface area (Å²) in [5.74, 6) is -0.351. The van der Waals surface area contributed by atoms with Gasteiger partial charge in [0.15, 0.2) is 6.61 Å². The zero-order valence-corrected chi connectivity index (χ0v) is 13.3. The molecule has 1 aromatic rings. The molecule has 0 radical (unpaired) electrons. The van der Waals surface area contributed by atoms with Crippen LogP contribution in [0.15, 0.2) is 23.1 Å². The monoisotopic (exact) mass is 339 g/mol. The van der Waals surface area contributed by atoms with Gasteiger partial charge in [-0.1, -0.05) is 18.5 Å². The minimum atomic E-state index is -4.00. The molecule has 0 aliphatic carbocycles. The van der Waals surface area contributed by atoms with E-state index in [4.69, 9.17) is 27.0 Å². The molecule has 1 rings (SSSR count). The largest absolute Gasteiger partial charge is 0.482 e. The Morgan fingerprint density at radius 2 is 2.10 bits per heavy atom. The van der Waals surface area contributed by atoms with Gasteiger partial charge >= 0.3 is 0 Å². The van der Waals surface area contributed by atoms with Crippen molar-refractivity contribution in [1.82, 2.24) is 5.32 Å². The van der Waals surface area contributed by atoms with E-state index in [1.54, 1.807) is 0 Å². The Labute approximate surface area is 127 Å². The zero-order valence-electron chi connectivity index (χ0n) is 11.0. The van der Waals surface area contributed by atoms with E-state index in [-0.39, 0.29) is 34.2 Å². The molecule has 1 atom stereocenters. The summed E-state index contributed by atoms with van der Waals surface area (Å²) in [6, 6.07) is 4.00. The van der Waals surface area contributed by atoms with E-state index < -0.39 is 9.05 Å². The fourth-order valence-electron chi connectivity index (χ4n) is 1.35. The number of ether oxygens (including phenoxy) is 1. The van der Waals surface area contributed by atoms with Crippen LogP contribution in [0.2, 0.25) is 5.02 Å². The highest BCUT2D eigenvalue weighted by molar-refractivity contribution is 8.13. The van der Waals surface area contributed by atoms with Crippen molar-refractivity contribution in [1.29, 1.82) is 0 Å². The van der Waals surface area contributed by atoms with Crippen molar-refractivity contribution in [2.45, 2.75) is 31.2 Å². The van der Waals surface area contributed by atoms with Gasteiger partial charge in [0, 0.05) is 21.7 Å². The lowest BCUT2D eigenvalue weighted by molar-refractivity contribution is -0.123. The maximum absolute atomic E-state index is 11.6. The van der Waals surface area contributed by atoms with Crippen molar-refractivity contribution in [2.75, 3.05) is 6.61 Å². The lowest BCUT2D eigenvalue weighted by Gasteiger charge is -2.13. The number of carbonyl (C=O) groups excluding carboxylic acids is 1. The average molecular weight is 340 g/mol. The molecule has 5 nitrogen and oxygen atoms in total. The summed E-state index contributed by atoms with van der Waals surface area (Å²) in [6.45, 7) is 3.49. The van der Waals surface area contributed by atoms with Crippen LogP contribution in [0.1, 0.15) is 20.3 Å². The van der Waals surface area contributed by atoms with Crippen molar-refractivity contribution in [2.24, 2.45) is 0 Å². The molecule has 20 heavy (non-hydrogen) atoms. The third kappa shape index (κ3) is 5.19. The molecule has 112 valence electrons. The van der Waals surface area contributed by atoms with Crippen LogP contribution in [-0.2, 0) is 13.8 Å². The molecule has 1 aromatic carbocycles. The normalized spacial score (nSPS) is 12.8. The van der Waals surface area contributed by atoms with E-state index in [0.717, 1.165) is 6.42 Å². The lowest BCUT2D eigenvalue weighted by Crippen LogP contribution is -2.35. The van der Waals surface area contributed by atoms with Crippen molar-refractivity contribution < 1.29 is 17.9 Å². The smallest absolute Gasteiger partial charge is 0.265 e. The molecule has 0 saturated heterocycles. The van der Waals surface area contributed by atoms with Gasteiger partial charge in [0.05, 0.1) is 0 Å². The second kappa shape index (κ2) is 7.15. The van der Waals surface area contributed by atoms with Crippen molar-refractivity contribution >= 4 is 37.2 Å². The standard InChI is InChI=1S/C12H15Cl2NO4S/c1-3-8(2)15-12(16)7-19-10-5-4-9(13)6-11(10)20(14,17)18/h4-6,8H,3,7H2,1-2H3,(H,15,16). The fourth-order valence-corrected chi connectivity index (χ4v) is 2.59. The van der Waals surface area contributed by atoms with Crippen LogP contribution in [0, 0.1) is 0 Å². The summed E-state index contributed by atoms with van der Waals surface area (Å²) in [5, 5.41) is 2.91. The van der Waals surface area contributed by atoms with Gasteiger partial charge < -0.3 is 10.1 Å². The lowest BCUT2D eigenvalue weighted by atomic mass is 10.2. The molecule has 0 aliphatic rings. The summed E-state index contributed by atoms with van der Waals surface area (Å²) >= 11 is 5.72. The number of nitrogens with one attached hydrogen (secondary N) is 1. The van der Waals surface area contributed by atoms with E-state index >= 15 is 0 Å². The Bertz CT molecular complexity index is 589. The Morgan fingerprint density at radius 1 is 1.45 bits per heavy atom. The molecular formula is C12H15Cl2NO4S. The van der Waals surface area contributed by atoms with E-state index in [0.29, 0.717) is 0 Å². The number of benzene rings is 1. The van der Waals surface area contributed by atoms with Gasteiger partial charge in [0.25, 0.3) is 15.0 Å². The maximum atomic E-state index is 11.6. The van der Waals surface area contributed by atoms with Crippen molar-refractivity contribution in [3.05, 3.63) is 23.2 Å². The van der Waals surface area contributed by atoms with Gasteiger partial charge in [0.1, 0.15) is 10.6 Å². The van der Waals surface area contributed by atoms with Gasteiger partial charge in [-0.25, -0.2) is 8.42 Å². The summed E-state index contributed by atoms with van der Waals surface area (Å²) in [5.41, 5.74) is 0. The van der Waals surface area contributed by atoms with Crippen LogP contribution < -0.4 is 10.1 Å². The first kappa shape index (κ1) is 17.1. The molecule has 8 heteroatoms. The molecule has 1 unspecified atom stereocenters. The number of carbonyl (C=O) groups is 1. The minimum Gasteiger partial charge on any atom is -0.482 e. The van der Waals surface area contributed by atoms with Crippen LogP contribution in [0.4, 0.5) is 0 Å². The summed E-state index contributed by atoms with van der Waals surface area (Å²) < 4.78 is 28.0. The van der Waals surface area contributed by atoms with Gasteiger partial charge in [-0.05, 0) is 31.5 Å². The summed E-state index contributed by atoms with van der Waals surface area (Å²) in [4.78, 5) is 11.3. The van der Waals surface area contributed by atoms with Gasteiger partial charge in [-0.3, -0.25) is 4.79 Å². The molecule has 0 saturated carbocycles. The van der Waals surface area contributed by atoms with Crippen LogP contribution in [0.3, 0.4) is 0 Å². The third-order valence-corrected chi connectivity index (χ3v) is 4.13. The van der Waals surface area contributed by atoms with Gasteiger partial charge in [0.2, 0.25) is 0 Å². The third-order valence-electron chi connectivity index (χ3n) is 2.55. The van der Waals surface area contributed by atoms with Crippen LogP contribution in [0.5, 0.6) is 5.75 Å². The maximum Gasteiger partial charge on any atom is 0.265 e. The molecule has 0 fully saturated rings. The Balaban J connectivity index is 2.81. The molecule has 0 aliphatic heterocycles. The van der Waals surface area contributed by atoms with Crippen LogP contribution in [0.25, 0.3) is 0 Å². The summed E-state index contributed by atoms with van der Waals surface area (Å²) in [7, 11) is 1.29. The average Bonchev–Trinajstić information content (AvgIpc) is 2.36. The highest BCUT2D eigenvalue weighted by Gasteiger charge is 2.18. The predicted octanol–water partition coefficient (Wildman–Crippen LogP) is 2.56. The Morgan fingerprint density at radius 3 is 2.65 bits per heavy atom. The first-order valence-electron chi connectivity index (χ1n) is 5.90. The SMILES string of the molecule is CCC(C)NC(=O)COc1ccc(Cl)cc1S(=O)(=O)Cl. The van der Waals surface area contributed by atoms with Crippen molar-refractivity contribution in [3.8, 4) is 5.75 Å². The number of amides is 1. The second-order valence-electron chi connectivity index (χ2n) is 4.19. The quantitative estimate of drug-likeness (QED) is 0.808. The van der Waals surface area contributed by atoms with E-state index in [9.17, 15) is 13.2 Å². The predicted molar refractivity (Wildman–Crippen MR) is 77.9 cm³/mol. The van der Waals surface area contributed by atoms with E-state index in [1.165, 1.54) is 18.2 Å². The highest BCUT2D eigenvalue weighted by Crippen LogP contribution is 2.29. The number of hydrogen-bond acceptors (Lipinski definition) is 4. The first-order chi connectivity index (χ1) is 9.24. The van der Waals surface area contributed by atoms with Crippen LogP contribution in [-0.4, -0.2) is 27.0 Å². The van der Waals surface area contributed by atoms with Gasteiger partial charge in [-0.2, -0.15) is 0 Å². The number of rotatable bonds is 6. The Kier molecular flexibility index (Phi) is 6.10. The highest BCUT2D eigenvalue weighted by atomic mass is 35.7. The van der Waals surface area contributed by atoms with Crippen LogP contribution >= 0.6 is 22.3 Å². The molecule has 0 spiro atoms. The molecule has 1 N–H and O–H groups in total. The molecule has 1 amide bonds. The fraction of sp³-hybridized carbons (Fsp3) is 0.417. The molecule has 0 bridgehead atoms. The second-order valence-corrected chi connectivity index (χ2v) is 7.17. The molecular weight excluding hydrogens is 325 g/mol. The number of hydrogen-bond donors (Lipinski definition) is 1. The first-order valence-corrected chi connectivity index (χ1v) is 8.59. The van der Waals surface area contributed by atoms with Crippen molar-refractivity contribution in [3.63, 3.8) is 0 Å².